The Hall–Kier alpha value is -2.42. The van der Waals surface area contributed by atoms with E-state index in [1.165, 1.54) is 27.7 Å². The molecule has 0 aliphatic carbocycles. The number of Topliss-reactive ketones (excluding diaryl/α,β-unsaturated/α-hetero) is 2. The molecule has 34 heavy (non-hydrogen) atoms. The van der Waals surface area contributed by atoms with Crippen LogP contribution in [0.3, 0.4) is 0 Å². The lowest BCUT2D eigenvalue weighted by Gasteiger charge is -2.39. The van der Waals surface area contributed by atoms with Crippen LogP contribution in [0.15, 0.2) is 48.5 Å². The molecule has 1 fully saturated rings. The van der Waals surface area contributed by atoms with Gasteiger partial charge in [0.2, 0.25) is 0 Å². The van der Waals surface area contributed by atoms with Crippen molar-refractivity contribution in [1.29, 1.82) is 0 Å². The van der Waals surface area contributed by atoms with Crippen LogP contribution in [0.4, 0.5) is 0 Å². The second-order valence-electron chi connectivity index (χ2n) is 10.0. The molecular weight excluding hydrogens is 432 g/mol. The molecule has 7 heteroatoms. The Labute approximate surface area is 201 Å². The molecule has 1 aliphatic heterocycles. The van der Waals surface area contributed by atoms with Crippen LogP contribution in [0, 0.1) is 0 Å². The van der Waals surface area contributed by atoms with Crippen LogP contribution in [0.25, 0.3) is 0 Å². The van der Waals surface area contributed by atoms with E-state index < -0.39 is 11.2 Å². The standard InChI is InChI=1S/C27H36N2O5/c1-26(2,33)24(31)21-9-5-19(6-10-21)23(29-15-13-28(14-16-29)17-18-30)20-7-11-22(12-8-20)25(32)27(3,4)34/h5-12,23,30,33-34H,13-18H2,1-4H3. The van der Waals surface area contributed by atoms with E-state index in [9.17, 15) is 24.9 Å². The topological polar surface area (TPSA) is 101 Å². The second-order valence-corrected chi connectivity index (χ2v) is 10.0. The number of benzene rings is 2. The number of aliphatic hydroxyl groups excluding tert-OH is 1. The Morgan fingerprint density at radius 3 is 1.47 bits per heavy atom. The first kappa shape index (κ1) is 26.2. The molecule has 0 unspecified atom stereocenters. The summed E-state index contributed by atoms with van der Waals surface area (Å²) in [5.41, 5.74) is 0.0382. The first-order chi connectivity index (χ1) is 15.9. The molecule has 0 spiro atoms. The zero-order chi connectivity index (χ0) is 25.1. The molecule has 7 nitrogen and oxygen atoms in total. The van der Waals surface area contributed by atoms with Crippen LogP contribution in [-0.4, -0.2) is 87.2 Å². The van der Waals surface area contributed by atoms with Crippen LogP contribution in [0.1, 0.15) is 65.6 Å². The van der Waals surface area contributed by atoms with Crippen molar-refractivity contribution in [1.82, 2.24) is 9.80 Å². The zero-order valence-corrected chi connectivity index (χ0v) is 20.5. The van der Waals surface area contributed by atoms with E-state index in [0.717, 1.165) is 37.3 Å². The molecule has 1 heterocycles. The molecule has 0 atom stereocenters. The number of carbonyl (C=O) groups is 2. The van der Waals surface area contributed by atoms with Crippen molar-refractivity contribution in [3.63, 3.8) is 0 Å². The van der Waals surface area contributed by atoms with Crippen LogP contribution in [0.2, 0.25) is 0 Å². The summed E-state index contributed by atoms with van der Waals surface area (Å²) in [6.07, 6.45) is 0. The minimum absolute atomic E-state index is 0.0890. The molecule has 1 saturated heterocycles. The Morgan fingerprint density at radius 1 is 0.765 bits per heavy atom. The predicted octanol–water partition coefficient (Wildman–Crippen LogP) is 2.29. The highest BCUT2D eigenvalue weighted by molar-refractivity contribution is 6.02. The van der Waals surface area contributed by atoms with Gasteiger partial charge in [0, 0.05) is 43.9 Å². The van der Waals surface area contributed by atoms with Gasteiger partial charge in [-0.3, -0.25) is 19.4 Å². The maximum atomic E-state index is 12.5. The average molecular weight is 469 g/mol. The number of nitrogens with zero attached hydrogens (tertiary/aromatic N) is 2. The lowest BCUT2D eigenvalue weighted by Crippen LogP contribution is -2.48. The minimum Gasteiger partial charge on any atom is -0.395 e. The minimum atomic E-state index is -1.44. The van der Waals surface area contributed by atoms with Crippen molar-refractivity contribution < 1.29 is 24.9 Å². The molecule has 0 aromatic heterocycles. The fraction of sp³-hybridized carbons (Fsp3) is 0.481. The highest BCUT2D eigenvalue weighted by atomic mass is 16.3. The summed E-state index contributed by atoms with van der Waals surface area (Å²) in [5.74, 6) is -0.662. The number of rotatable bonds is 9. The van der Waals surface area contributed by atoms with Gasteiger partial charge in [-0.25, -0.2) is 0 Å². The summed E-state index contributed by atoms with van der Waals surface area (Å²) >= 11 is 0. The third-order valence-corrected chi connectivity index (χ3v) is 6.28. The molecule has 0 saturated carbocycles. The molecule has 0 amide bonds. The first-order valence-electron chi connectivity index (χ1n) is 11.7. The van der Waals surface area contributed by atoms with E-state index in [4.69, 9.17) is 0 Å². The SMILES string of the molecule is CC(C)(O)C(=O)c1ccc(C(c2ccc(C(=O)C(C)(C)O)cc2)N2CCN(CCO)CC2)cc1. The molecule has 0 radical (unpaired) electrons. The zero-order valence-electron chi connectivity index (χ0n) is 20.5. The van der Waals surface area contributed by atoms with Gasteiger partial charge in [0.15, 0.2) is 11.6 Å². The maximum Gasteiger partial charge on any atom is 0.193 e. The number of hydrogen-bond acceptors (Lipinski definition) is 7. The van der Waals surface area contributed by atoms with Crippen LogP contribution >= 0.6 is 0 Å². The Bertz CT molecular complexity index is 910. The molecule has 2 aromatic rings. The monoisotopic (exact) mass is 468 g/mol. The smallest absolute Gasteiger partial charge is 0.193 e. The highest BCUT2D eigenvalue weighted by Gasteiger charge is 2.29. The van der Waals surface area contributed by atoms with Crippen molar-refractivity contribution >= 4 is 11.6 Å². The third kappa shape index (κ3) is 6.17. The fourth-order valence-corrected chi connectivity index (χ4v) is 4.34. The number of ketones is 2. The van der Waals surface area contributed by atoms with Gasteiger partial charge in [-0.2, -0.15) is 0 Å². The number of piperazine rings is 1. The van der Waals surface area contributed by atoms with E-state index in [-0.39, 0.29) is 24.2 Å². The van der Waals surface area contributed by atoms with Gasteiger partial charge in [-0.1, -0.05) is 48.5 Å². The largest absolute Gasteiger partial charge is 0.395 e. The van der Waals surface area contributed by atoms with Crippen LogP contribution in [0.5, 0.6) is 0 Å². The summed E-state index contributed by atoms with van der Waals surface area (Å²) in [5, 5.41) is 29.4. The van der Waals surface area contributed by atoms with Crippen LogP contribution in [-0.2, 0) is 0 Å². The Morgan fingerprint density at radius 2 is 1.15 bits per heavy atom. The number of carbonyl (C=O) groups excluding carboxylic acids is 2. The Balaban J connectivity index is 1.92. The molecular formula is C27H36N2O5. The molecule has 3 rings (SSSR count). The fourth-order valence-electron chi connectivity index (χ4n) is 4.34. The Kier molecular flexibility index (Phi) is 8.06. The van der Waals surface area contributed by atoms with E-state index in [1.807, 2.05) is 24.3 Å². The van der Waals surface area contributed by atoms with Gasteiger partial charge in [0.05, 0.1) is 12.6 Å². The van der Waals surface area contributed by atoms with Gasteiger partial charge >= 0.3 is 0 Å². The molecule has 2 aromatic carbocycles. The van der Waals surface area contributed by atoms with Gasteiger partial charge < -0.3 is 15.3 Å². The maximum absolute atomic E-state index is 12.5. The van der Waals surface area contributed by atoms with Gasteiger partial charge in [0.1, 0.15) is 11.2 Å². The number of hydrogen-bond donors (Lipinski definition) is 3. The van der Waals surface area contributed by atoms with Crippen LogP contribution < -0.4 is 0 Å². The van der Waals surface area contributed by atoms with Crippen molar-refractivity contribution in [3.05, 3.63) is 70.8 Å². The van der Waals surface area contributed by atoms with E-state index in [0.29, 0.717) is 17.7 Å². The van der Waals surface area contributed by atoms with E-state index >= 15 is 0 Å². The number of aliphatic hydroxyl groups is 3. The molecule has 0 bridgehead atoms. The van der Waals surface area contributed by atoms with Gasteiger partial charge in [0.25, 0.3) is 0 Å². The summed E-state index contributed by atoms with van der Waals surface area (Å²) < 4.78 is 0. The molecule has 1 aliphatic rings. The lowest BCUT2D eigenvalue weighted by molar-refractivity contribution is 0.0487. The molecule has 3 N–H and O–H groups in total. The summed E-state index contributed by atoms with van der Waals surface area (Å²) in [7, 11) is 0. The van der Waals surface area contributed by atoms with E-state index in [2.05, 4.69) is 9.80 Å². The van der Waals surface area contributed by atoms with E-state index in [1.54, 1.807) is 24.3 Å². The summed E-state index contributed by atoms with van der Waals surface area (Å²) in [6.45, 7) is 9.99. The third-order valence-electron chi connectivity index (χ3n) is 6.28. The lowest BCUT2D eigenvalue weighted by atomic mass is 9.90. The van der Waals surface area contributed by atoms with Crippen molar-refractivity contribution in [3.8, 4) is 0 Å². The number of β-amino-alcohol motifs (C(OH)–C–C–N with tert-alkyl or cyclic N) is 1. The van der Waals surface area contributed by atoms with Gasteiger partial charge in [-0.05, 0) is 38.8 Å². The second kappa shape index (κ2) is 10.5. The van der Waals surface area contributed by atoms with Crippen molar-refractivity contribution in [2.75, 3.05) is 39.3 Å². The summed E-state index contributed by atoms with van der Waals surface area (Å²) in [6, 6.07) is 14.6. The predicted molar refractivity (Wildman–Crippen MR) is 131 cm³/mol. The van der Waals surface area contributed by atoms with Gasteiger partial charge in [-0.15, -0.1) is 0 Å². The molecule has 184 valence electrons. The first-order valence-corrected chi connectivity index (χ1v) is 11.7. The highest BCUT2D eigenvalue weighted by Crippen LogP contribution is 2.31. The quantitative estimate of drug-likeness (QED) is 0.486. The van der Waals surface area contributed by atoms with Crippen molar-refractivity contribution in [2.24, 2.45) is 0 Å². The average Bonchev–Trinajstić information content (AvgIpc) is 2.79. The summed E-state index contributed by atoms with van der Waals surface area (Å²) in [4.78, 5) is 29.5. The normalized spacial score (nSPS) is 16.1. The van der Waals surface area contributed by atoms with Crippen molar-refractivity contribution in [2.45, 2.75) is 44.9 Å².